The molecule has 3 atom stereocenters. The number of likely N-dealkylation sites (N-methyl/N-ethyl adjacent to an activating group) is 1. The Morgan fingerprint density at radius 3 is 2.44 bits per heavy atom. The smallest absolute Gasteiger partial charge is 0.0229 e. The Hall–Kier alpha value is -0.120. The molecule has 0 aromatic heterocycles. The molecule has 0 spiro atoms. The van der Waals surface area contributed by atoms with E-state index in [4.69, 9.17) is 0 Å². The minimum Gasteiger partial charge on any atom is -0.311 e. The second kappa shape index (κ2) is 5.48. The predicted molar refractivity (Wildman–Crippen MR) is 75.8 cm³/mol. The van der Waals surface area contributed by atoms with E-state index in [1.165, 1.54) is 58.2 Å². The van der Waals surface area contributed by atoms with E-state index >= 15 is 0 Å². The molecule has 0 aliphatic carbocycles. The minimum atomic E-state index is 0.800. The fourth-order valence-corrected chi connectivity index (χ4v) is 4.21. The summed E-state index contributed by atoms with van der Waals surface area (Å²) < 4.78 is 0. The molecule has 0 amide bonds. The summed E-state index contributed by atoms with van der Waals surface area (Å²) in [6.07, 6.45) is 8.57. The molecule has 3 rings (SSSR count). The normalized spacial score (nSPS) is 40.8. The maximum atomic E-state index is 3.75. The van der Waals surface area contributed by atoms with Crippen molar-refractivity contribution >= 4 is 0 Å². The highest BCUT2D eigenvalue weighted by atomic mass is 15.2. The molecule has 3 heteroatoms. The lowest BCUT2D eigenvalue weighted by Crippen LogP contribution is -2.39. The van der Waals surface area contributed by atoms with Gasteiger partial charge in [-0.1, -0.05) is 0 Å². The highest BCUT2D eigenvalue weighted by molar-refractivity contribution is 4.92. The van der Waals surface area contributed by atoms with Crippen LogP contribution in [0, 0.1) is 5.92 Å². The Morgan fingerprint density at radius 2 is 1.83 bits per heavy atom. The van der Waals surface area contributed by atoms with Crippen LogP contribution >= 0.6 is 0 Å². The van der Waals surface area contributed by atoms with Crippen molar-refractivity contribution < 1.29 is 0 Å². The Balaban J connectivity index is 1.40. The van der Waals surface area contributed by atoms with Gasteiger partial charge in [0, 0.05) is 24.7 Å². The van der Waals surface area contributed by atoms with Gasteiger partial charge < -0.3 is 15.1 Å². The standard InChI is InChI=1S/C15H29N3/c1-17(2)15-6-8-18(11-15)7-5-12-9-13-3-4-14(10-12)16-13/h12-16H,3-11H2,1-2H3. The maximum absolute atomic E-state index is 3.75. The minimum absolute atomic E-state index is 0.800. The van der Waals surface area contributed by atoms with Gasteiger partial charge >= 0.3 is 0 Å². The monoisotopic (exact) mass is 251 g/mol. The van der Waals surface area contributed by atoms with Crippen LogP contribution in [-0.2, 0) is 0 Å². The van der Waals surface area contributed by atoms with Crippen molar-refractivity contribution in [1.29, 1.82) is 0 Å². The Labute approximate surface area is 112 Å². The molecule has 18 heavy (non-hydrogen) atoms. The number of nitrogens with zero attached hydrogens (tertiary/aromatic N) is 2. The second-order valence-corrected chi connectivity index (χ2v) is 6.97. The Morgan fingerprint density at radius 1 is 1.11 bits per heavy atom. The molecule has 2 bridgehead atoms. The molecule has 0 radical (unpaired) electrons. The fraction of sp³-hybridized carbons (Fsp3) is 1.00. The van der Waals surface area contributed by atoms with Crippen molar-refractivity contribution in [2.24, 2.45) is 5.92 Å². The number of hydrogen-bond acceptors (Lipinski definition) is 3. The number of likely N-dealkylation sites (tertiary alicyclic amines) is 1. The molecule has 3 fully saturated rings. The quantitative estimate of drug-likeness (QED) is 0.818. The first-order valence-electron chi connectivity index (χ1n) is 7.85. The summed E-state index contributed by atoms with van der Waals surface area (Å²) in [5, 5.41) is 3.75. The van der Waals surface area contributed by atoms with Crippen molar-refractivity contribution in [3.05, 3.63) is 0 Å². The molecule has 104 valence electrons. The zero-order chi connectivity index (χ0) is 12.5. The van der Waals surface area contributed by atoms with Crippen LogP contribution in [0.3, 0.4) is 0 Å². The molecule has 0 saturated carbocycles. The zero-order valence-electron chi connectivity index (χ0n) is 12.1. The molecular weight excluding hydrogens is 222 g/mol. The summed E-state index contributed by atoms with van der Waals surface area (Å²) in [5.74, 6) is 1.00. The second-order valence-electron chi connectivity index (χ2n) is 6.97. The predicted octanol–water partition coefficient (Wildman–Crippen LogP) is 1.54. The fourth-order valence-electron chi connectivity index (χ4n) is 4.21. The van der Waals surface area contributed by atoms with Crippen molar-refractivity contribution in [2.45, 2.75) is 56.7 Å². The highest BCUT2D eigenvalue weighted by Crippen LogP contribution is 2.32. The van der Waals surface area contributed by atoms with E-state index in [0.717, 1.165) is 24.0 Å². The van der Waals surface area contributed by atoms with Crippen LogP contribution in [0.2, 0.25) is 0 Å². The summed E-state index contributed by atoms with van der Waals surface area (Å²) in [4.78, 5) is 5.08. The van der Waals surface area contributed by atoms with Crippen LogP contribution in [0.1, 0.15) is 38.5 Å². The van der Waals surface area contributed by atoms with Gasteiger partial charge in [0.2, 0.25) is 0 Å². The summed E-state index contributed by atoms with van der Waals surface area (Å²) in [7, 11) is 4.44. The summed E-state index contributed by atoms with van der Waals surface area (Å²) in [6, 6.07) is 2.53. The van der Waals surface area contributed by atoms with Crippen LogP contribution in [-0.4, -0.2) is 61.7 Å². The van der Waals surface area contributed by atoms with Crippen LogP contribution in [0.15, 0.2) is 0 Å². The molecule has 3 nitrogen and oxygen atoms in total. The van der Waals surface area contributed by atoms with E-state index in [0.29, 0.717) is 0 Å². The van der Waals surface area contributed by atoms with Gasteiger partial charge in [-0.3, -0.25) is 0 Å². The summed E-state index contributed by atoms with van der Waals surface area (Å²) in [5.41, 5.74) is 0. The van der Waals surface area contributed by atoms with Crippen LogP contribution in [0.25, 0.3) is 0 Å². The SMILES string of the molecule is CN(C)C1CCN(CCC2CC3CCC(C2)N3)C1. The lowest BCUT2D eigenvalue weighted by molar-refractivity contribution is 0.227. The first kappa shape index (κ1) is 12.9. The number of fused-ring (bicyclic) bond motifs is 2. The summed E-state index contributed by atoms with van der Waals surface area (Å²) >= 11 is 0. The van der Waals surface area contributed by atoms with Crippen LogP contribution < -0.4 is 5.32 Å². The topological polar surface area (TPSA) is 18.5 Å². The van der Waals surface area contributed by atoms with E-state index in [1.807, 2.05) is 0 Å². The maximum Gasteiger partial charge on any atom is 0.0229 e. The van der Waals surface area contributed by atoms with E-state index in [9.17, 15) is 0 Å². The van der Waals surface area contributed by atoms with E-state index in [-0.39, 0.29) is 0 Å². The van der Waals surface area contributed by atoms with E-state index in [1.54, 1.807) is 0 Å². The number of hydrogen-bond donors (Lipinski definition) is 1. The molecule has 1 N–H and O–H groups in total. The Kier molecular flexibility index (Phi) is 3.92. The van der Waals surface area contributed by atoms with Gasteiger partial charge in [-0.15, -0.1) is 0 Å². The molecule has 3 saturated heterocycles. The van der Waals surface area contributed by atoms with Gasteiger partial charge in [0.15, 0.2) is 0 Å². The molecule has 3 heterocycles. The third kappa shape index (κ3) is 2.89. The largest absolute Gasteiger partial charge is 0.311 e. The number of piperidine rings is 1. The average Bonchev–Trinajstić information content (AvgIpc) is 2.94. The van der Waals surface area contributed by atoms with Crippen molar-refractivity contribution in [2.75, 3.05) is 33.7 Å². The Bertz CT molecular complexity index is 267. The molecule has 0 aromatic carbocycles. The van der Waals surface area contributed by atoms with Gasteiger partial charge in [-0.2, -0.15) is 0 Å². The van der Waals surface area contributed by atoms with Gasteiger partial charge in [0.1, 0.15) is 0 Å². The third-order valence-electron chi connectivity index (χ3n) is 5.40. The molecule has 3 aliphatic rings. The van der Waals surface area contributed by atoms with Crippen LogP contribution in [0.5, 0.6) is 0 Å². The summed E-state index contributed by atoms with van der Waals surface area (Å²) in [6.45, 7) is 3.96. The van der Waals surface area contributed by atoms with E-state index in [2.05, 4.69) is 29.2 Å². The average molecular weight is 251 g/mol. The highest BCUT2D eigenvalue weighted by Gasteiger charge is 2.33. The first-order chi connectivity index (χ1) is 8.70. The molecular formula is C15H29N3. The molecule has 3 aliphatic heterocycles. The van der Waals surface area contributed by atoms with Gasteiger partial charge in [0.05, 0.1) is 0 Å². The first-order valence-corrected chi connectivity index (χ1v) is 7.85. The van der Waals surface area contributed by atoms with E-state index < -0.39 is 0 Å². The molecule has 0 aromatic rings. The van der Waals surface area contributed by atoms with Gasteiger partial charge in [0.25, 0.3) is 0 Å². The van der Waals surface area contributed by atoms with Gasteiger partial charge in [-0.25, -0.2) is 0 Å². The zero-order valence-corrected chi connectivity index (χ0v) is 12.1. The lowest BCUT2D eigenvalue weighted by atomic mass is 9.89. The third-order valence-corrected chi connectivity index (χ3v) is 5.40. The number of rotatable bonds is 4. The number of nitrogens with one attached hydrogen (secondary N) is 1. The van der Waals surface area contributed by atoms with Gasteiger partial charge in [-0.05, 0) is 71.6 Å². The van der Waals surface area contributed by atoms with Crippen molar-refractivity contribution in [3.8, 4) is 0 Å². The molecule has 3 unspecified atom stereocenters. The van der Waals surface area contributed by atoms with Crippen molar-refractivity contribution in [3.63, 3.8) is 0 Å². The van der Waals surface area contributed by atoms with Crippen LogP contribution in [0.4, 0.5) is 0 Å². The lowest BCUT2D eigenvalue weighted by Gasteiger charge is -2.30. The van der Waals surface area contributed by atoms with Crippen molar-refractivity contribution in [1.82, 2.24) is 15.1 Å².